The van der Waals surface area contributed by atoms with Crippen LogP contribution in [0.5, 0.6) is 5.75 Å². The monoisotopic (exact) mass is 411 g/mol. The Hall–Kier alpha value is -2.84. The highest BCUT2D eigenvalue weighted by Crippen LogP contribution is 2.26. The van der Waals surface area contributed by atoms with Crippen LogP contribution in [0.2, 0.25) is 10.0 Å². The van der Waals surface area contributed by atoms with Gasteiger partial charge in [-0.3, -0.25) is 30.6 Å². The summed E-state index contributed by atoms with van der Waals surface area (Å²) in [5, 5.41) is 11.4. The smallest absolute Gasteiger partial charge is 0.288 e. The van der Waals surface area contributed by atoms with Crippen molar-refractivity contribution < 1.29 is 19.2 Å². The molecule has 0 atom stereocenters. The Morgan fingerprint density at radius 2 is 1.74 bits per heavy atom. The van der Waals surface area contributed by atoms with Gasteiger partial charge in [0, 0.05) is 16.7 Å². The molecule has 0 radical (unpaired) electrons. The second kappa shape index (κ2) is 8.70. The molecule has 10 heteroatoms. The van der Waals surface area contributed by atoms with Crippen LogP contribution in [0, 0.1) is 24.0 Å². The number of nitro groups is 1. The van der Waals surface area contributed by atoms with Crippen molar-refractivity contribution in [2.45, 2.75) is 13.8 Å². The van der Waals surface area contributed by atoms with Crippen LogP contribution >= 0.6 is 23.2 Å². The van der Waals surface area contributed by atoms with Crippen LogP contribution in [0.15, 0.2) is 30.3 Å². The van der Waals surface area contributed by atoms with E-state index in [2.05, 4.69) is 10.9 Å². The molecule has 2 aromatic carbocycles. The van der Waals surface area contributed by atoms with E-state index in [-0.39, 0.29) is 17.2 Å². The molecule has 0 saturated heterocycles. The van der Waals surface area contributed by atoms with E-state index >= 15 is 0 Å². The number of hydrazine groups is 1. The average Bonchev–Trinajstić information content (AvgIpc) is 2.62. The average molecular weight is 412 g/mol. The van der Waals surface area contributed by atoms with Gasteiger partial charge in [0.15, 0.2) is 6.61 Å². The number of ether oxygens (including phenoxy) is 1. The van der Waals surface area contributed by atoms with Crippen molar-refractivity contribution in [2.24, 2.45) is 0 Å². The fourth-order valence-corrected chi connectivity index (χ4v) is 2.46. The van der Waals surface area contributed by atoms with Gasteiger partial charge in [-0.2, -0.15) is 0 Å². The van der Waals surface area contributed by atoms with Crippen LogP contribution in [-0.2, 0) is 4.79 Å². The number of hydrogen-bond acceptors (Lipinski definition) is 5. The van der Waals surface area contributed by atoms with E-state index in [1.54, 1.807) is 12.1 Å². The summed E-state index contributed by atoms with van der Waals surface area (Å²) < 4.78 is 5.36. The predicted molar refractivity (Wildman–Crippen MR) is 100 cm³/mol. The van der Waals surface area contributed by atoms with E-state index in [1.165, 1.54) is 12.1 Å². The standard InChI is InChI=1S/C17H15Cl2N3O5/c1-9-5-12(6-10(2)16(9)19)27-8-15(23)20-21-17(24)11-3-4-13(18)14(7-11)22(25)26/h3-7H,8H2,1-2H3,(H,20,23)(H,21,24). The number of carbonyl (C=O) groups excluding carboxylic acids is 2. The number of amides is 2. The molecule has 0 spiro atoms. The van der Waals surface area contributed by atoms with Crippen molar-refractivity contribution in [1.29, 1.82) is 0 Å². The number of nitrogens with zero attached hydrogens (tertiary/aromatic N) is 1. The van der Waals surface area contributed by atoms with Crippen LogP contribution < -0.4 is 15.6 Å². The summed E-state index contributed by atoms with van der Waals surface area (Å²) >= 11 is 11.7. The van der Waals surface area contributed by atoms with Crippen molar-refractivity contribution in [1.82, 2.24) is 10.9 Å². The van der Waals surface area contributed by atoms with Crippen molar-refractivity contribution in [3.8, 4) is 5.75 Å². The molecule has 0 fully saturated rings. The maximum absolute atomic E-state index is 12.0. The highest BCUT2D eigenvalue weighted by atomic mass is 35.5. The molecule has 0 aromatic heterocycles. The summed E-state index contributed by atoms with van der Waals surface area (Å²) in [6.07, 6.45) is 0. The first-order valence-electron chi connectivity index (χ1n) is 7.61. The van der Waals surface area contributed by atoms with Gasteiger partial charge < -0.3 is 4.74 Å². The Kier molecular flexibility index (Phi) is 6.59. The Morgan fingerprint density at radius 3 is 2.33 bits per heavy atom. The van der Waals surface area contributed by atoms with E-state index in [9.17, 15) is 19.7 Å². The first-order valence-corrected chi connectivity index (χ1v) is 8.37. The van der Waals surface area contributed by atoms with Gasteiger partial charge in [0.1, 0.15) is 10.8 Å². The Bertz CT molecular complexity index is 894. The molecule has 0 aliphatic heterocycles. The summed E-state index contributed by atoms with van der Waals surface area (Å²) in [7, 11) is 0. The quantitative estimate of drug-likeness (QED) is 0.578. The maximum atomic E-state index is 12.0. The summed E-state index contributed by atoms with van der Waals surface area (Å²) in [6.45, 7) is 3.28. The maximum Gasteiger partial charge on any atom is 0.288 e. The van der Waals surface area contributed by atoms with Gasteiger partial charge in [0.2, 0.25) is 0 Å². The lowest BCUT2D eigenvalue weighted by Crippen LogP contribution is -2.43. The topological polar surface area (TPSA) is 111 Å². The minimum absolute atomic E-state index is 0.0312. The first kappa shape index (κ1) is 20.5. The van der Waals surface area contributed by atoms with Crippen molar-refractivity contribution in [3.63, 3.8) is 0 Å². The van der Waals surface area contributed by atoms with Crippen LogP contribution in [0.3, 0.4) is 0 Å². The highest BCUT2D eigenvalue weighted by Gasteiger charge is 2.16. The Labute approximate surface area is 164 Å². The number of rotatable bonds is 5. The fraction of sp³-hybridized carbons (Fsp3) is 0.176. The number of carbonyl (C=O) groups is 2. The van der Waals surface area contributed by atoms with Crippen LogP contribution in [0.4, 0.5) is 5.69 Å². The summed E-state index contributed by atoms with van der Waals surface area (Å²) in [5.74, 6) is -0.887. The zero-order valence-electron chi connectivity index (χ0n) is 14.3. The molecule has 0 heterocycles. The second-order valence-corrected chi connectivity index (χ2v) is 6.37. The van der Waals surface area contributed by atoms with E-state index < -0.39 is 22.4 Å². The molecule has 2 rings (SSSR count). The molecule has 0 aliphatic carbocycles. The number of aryl methyl sites for hydroxylation is 2. The molecule has 2 aromatic rings. The molecule has 0 bridgehead atoms. The third kappa shape index (κ3) is 5.32. The molecular formula is C17H15Cl2N3O5. The van der Waals surface area contributed by atoms with Crippen molar-refractivity contribution in [3.05, 3.63) is 67.2 Å². The van der Waals surface area contributed by atoms with E-state index in [1.807, 2.05) is 13.8 Å². The molecule has 0 unspecified atom stereocenters. The number of benzene rings is 2. The second-order valence-electron chi connectivity index (χ2n) is 5.59. The normalized spacial score (nSPS) is 10.2. The first-order chi connectivity index (χ1) is 12.7. The third-order valence-corrected chi connectivity index (χ3v) is 4.42. The van der Waals surface area contributed by atoms with E-state index in [0.29, 0.717) is 10.8 Å². The van der Waals surface area contributed by atoms with Gasteiger partial charge in [0.05, 0.1) is 4.92 Å². The molecule has 0 saturated carbocycles. The molecule has 0 aliphatic rings. The third-order valence-electron chi connectivity index (χ3n) is 3.50. The van der Waals surface area contributed by atoms with E-state index in [0.717, 1.165) is 17.2 Å². The summed E-state index contributed by atoms with van der Waals surface area (Å²) in [4.78, 5) is 33.9. The highest BCUT2D eigenvalue weighted by molar-refractivity contribution is 6.32. The molecule has 8 nitrogen and oxygen atoms in total. The zero-order valence-corrected chi connectivity index (χ0v) is 15.9. The molecule has 2 amide bonds. The molecular weight excluding hydrogens is 397 g/mol. The summed E-state index contributed by atoms with van der Waals surface area (Å²) in [5.41, 5.74) is 5.49. The van der Waals surface area contributed by atoms with Gasteiger partial charge in [-0.25, -0.2) is 0 Å². The Morgan fingerprint density at radius 1 is 1.11 bits per heavy atom. The van der Waals surface area contributed by atoms with Gasteiger partial charge in [0.25, 0.3) is 17.5 Å². The summed E-state index contributed by atoms with van der Waals surface area (Å²) in [6, 6.07) is 6.92. The number of halogens is 2. The zero-order chi connectivity index (χ0) is 20.1. The van der Waals surface area contributed by atoms with Crippen molar-refractivity contribution >= 4 is 40.7 Å². The lowest BCUT2D eigenvalue weighted by Gasteiger charge is -2.11. The van der Waals surface area contributed by atoms with Crippen molar-refractivity contribution in [2.75, 3.05) is 6.61 Å². The SMILES string of the molecule is Cc1cc(OCC(=O)NNC(=O)c2ccc(Cl)c([N+](=O)[O-])c2)cc(C)c1Cl. The molecule has 27 heavy (non-hydrogen) atoms. The van der Waals surface area contributed by atoms with Gasteiger partial charge >= 0.3 is 0 Å². The number of hydrogen-bond donors (Lipinski definition) is 2. The minimum atomic E-state index is -0.735. The van der Waals surface area contributed by atoms with Gasteiger partial charge in [-0.1, -0.05) is 23.2 Å². The van der Waals surface area contributed by atoms with Crippen LogP contribution in [-0.4, -0.2) is 23.3 Å². The Balaban J connectivity index is 1.91. The van der Waals surface area contributed by atoms with Crippen LogP contribution in [0.25, 0.3) is 0 Å². The van der Waals surface area contributed by atoms with E-state index in [4.69, 9.17) is 27.9 Å². The minimum Gasteiger partial charge on any atom is -0.484 e. The van der Waals surface area contributed by atoms with Gasteiger partial charge in [-0.05, 0) is 49.2 Å². The largest absolute Gasteiger partial charge is 0.484 e. The number of nitrogens with one attached hydrogen (secondary N) is 2. The van der Waals surface area contributed by atoms with Crippen LogP contribution in [0.1, 0.15) is 21.5 Å². The molecule has 142 valence electrons. The predicted octanol–water partition coefficient (Wildman–Crippen LogP) is 3.36. The molecule has 2 N–H and O–H groups in total. The number of nitro benzene ring substituents is 1. The lowest BCUT2D eigenvalue weighted by atomic mass is 10.1. The van der Waals surface area contributed by atoms with Gasteiger partial charge in [-0.15, -0.1) is 0 Å². The fourth-order valence-electron chi connectivity index (χ4n) is 2.17. The lowest BCUT2D eigenvalue weighted by molar-refractivity contribution is -0.384.